The lowest BCUT2D eigenvalue weighted by molar-refractivity contribution is -0.123. The van der Waals surface area contributed by atoms with E-state index < -0.39 is 16.6 Å². The summed E-state index contributed by atoms with van der Waals surface area (Å²) in [7, 11) is 0. The van der Waals surface area contributed by atoms with E-state index in [1.165, 1.54) is 21.2 Å². The van der Waals surface area contributed by atoms with Crippen molar-refractivity contribution in [1.29, 1.82) is 0 Å². The SMILES string of the molecule is Cc1ccc(N2C(=O)C3Sc4c(sc(=O)n4CC(=O)Nc4ccc5ccccc5c4)C(C)(C)C3C2=O)cc1. The monoisotopic (exact) mass is 543 g/mol. The Morgan fingerprint density at radius 2 is 1.66 bits per heavy atom. The highest BCUT2D eigenvalue weighted by molar-refractivity contribution is 8.00. The number of rotatable bonds is 4. The summed E-state index contributed by atoms with van der Waals surface area (Å²) in [6, 6.07) is 20.8. The number of benzene rings is 3. The fraction of sp³-hybridized carbons (Fsp3) is 0.241. The van der Waals surface area contributed by atoms with Crippen LogP contribution in [0.2, 0.25) is 0 Å². The zero-order valence-corrected chi connectivity index (χ0v) is 22.7. The molecule has 1 N–H and O–H groups in total. The number of hydrogen-bond acceptors (Lipinski definition) is 6. The molecule has 0 saturated carbocycles. The van der Waals surface area contributed by atoms with Gasteiger partial charge in [0.05, 0.1) is 16.6 Å². The van der Waals surface area contributed by atoms with Crippen LogP contribution < -0.4 is 15.1 Å². The van der Waals surface area contributed by atoms with Crippen LogP contribution in [0.3, 0.4) is 0 Å². The molecule has 0 spiro atoms. The summed E-state index contributed by atoms with van der Waals surface area (Å²) in [6.45, 7) is 5.58. The first kappa shape index (κ1) is 24.6. The van der Waals surface area contributed by atoms with E-state index in [2.05, 4.69) is 5.32 Å². The van der Waals surface area contributed by atoms with Crippen LogP contribution in [0.5, 0.6) is 0 Å². The smallest absolute Gasteiger partial charge is 0.308 e. The number of carbonyl (C=O) groups excluding carboxylic acids is 3. The van der Waals surface area contributed by atoms with Gasteiger partial charge in [-0.15, -0.1) is 0 Å². The lowest BCUT2D eigenvalue weighted by Crippen LogP contribution is -2.41. The van der Waals surface area contributed by atoms with Crippen molar-refractivity contribution in [2.75, 3.05) is 10.2 Å². The Morgan fingerprint density at radius 1 is 0.947 bits per heavy atom. The topological polar surface area (TPSA) is 88.5 Å². The van der Waals surface area contributed by atoms with Crippen molar-refractivity contribution in [2.24, 2.45) is 5.92 Å². The van der Waals surface area contributed by atoms with Gasteiger partial charge in [-0.1, -0.05) is 85.0 Å². The Kier molecular flexibility index (Phi) is 5.81. The van der Waals surface area contributed by atoms with Gasteiger partial charge in [0, 0.05) is 16.0 Å². The van der Waals surface area contributed by atoms with Gasteiger partial charge in [0.2, 0.25) is 17.7 Å². The van der Waals surface area contributed by atoms with E-state index >= 15 is 0 Å². The second-order valence-corrected chi connectivity index (χ2v) is 12.4. The van der Waals surface area contributed by atoms with Crippen molar-refractivity contribution in [1.82, 2.24) is 4.57 Å². The van der Waals surface area contributed by atoms with Crippen LogP contribution in [0, 0.1) is 12.8 Å². The predicted octanol–water partition coefficient (Wildman–Crippen LogP) is 4.95. The third-order valence-corrected chi connectivity index (χ3v) is 10.2. The molecular formula is C29H25N3O4S2. The lowest BCUT2D eigenvalue weighted by Gasteiger charge is -2.36. The molecule has 0 bridgehead atoms. The quantitative estimate of drug-likeness (QED) is 0.368. The Balaban J connectivity index is 1.29. The molecule has 3 amide bonds. The number of anilines is 2. The van der Waals surface area contributed by atoms with Crippen LogP contribution in [-0.2, 0) is 26.3 Å². The van der Waals surface area contributed by atoms with Gasteiger partial charge >= 0.3 is 4.87 Å². The minimum absolute atomic E-state index is 0.179. The Morgan fingerprint density at radius 3 is 2.39 bits per heavy atom. The van der Waals surface area contributed by atoms with E-state index in [-0.39, 0.29) is 29.1 Å². The number of imide groups is 1. The molecule has 3 aromatic carbocycles. The Hall–Kier alpha value is -3.69. The number of amides is 3. The summed E-state index contributed by atoms with van der Waals surface area (Å²) >= 11 is 2.27. The van der Waals surface area contributed by atoms with Crippen LogP contribution in [0.1, 0.15) is 24.3 Å². The van der Waals surface area contributed by atoms with Crippen LogP contribution in [-0.4, -0.2) is 27.5 Å². The molecular weight excluding hydrogens is 518 g/mol. The molecule has 1 saturated heterocycles. The van der Waals surface area contributed by atoms with Crippen LogP contribution in [0.4, 0.5) is 11.4 Å². The summed E-state index contributed by atoms with van der Waals surface area (Å²) in [5.41, 5.74) is 1.48. The Labute approximate surface area is 227 Å². The number of aryl methyl sites for hydroxylation is 1. The van der Waals surface area contributed by atoms with E-state index in [9.17, 15) is 19.2 Å². The molecule has 1 fully saturated rings. The zero-order valence-electron chi connectivity index (χ0n) is 21.1. The van der Waals surface area contributed by atoms with Crippen LogP contribution >= 0.6 is 23.1 Å². The maximum absolute atomic E-state index is 13.6. The normalized spacial score (nSPS) is 19.9. The standard InChI is InChI=1S/C29H25N3O4S2/c1-16-8-12-20(13-9-16)32-25(34)22-23(26(32)35)37-27-24(29(22,2)3)38-28(36)31(27)15-21(33)30-19-11-10-17-6-4-5-7-18(17)14-19/h4-14,22-23H,15H2,1-3H3,(H,30,33). The fourth-order valence-electron chi connectivity index (χ4n) is 5.33. The number of thioether (sulfide) groups is 1. The molecule has 0 aliphatic carbocycles. The van der Waals surface area contributed by atoms with Crippen LogP contribution in [0.25, 0.3) is 10.8 Å². The molecule has 6 rings (SSSR count). The van der Waals surface area contributed by atoms with Crippen molar-refractivity contribution < 1.29 is 14.4 Å². The van der Waals surface area contributed by atoms with Crippen molar-refractivity contribution >= 4 is 63.0 Å². The van der Waals surface area contributed by atoms with E-state index in [0.717, 1.165) is 32.5 Å². The van der Waals surface area contributed by atoms with Gasteiger partial charge in [-0.05, 0) is 42.0 Å². The second kappa shape index (κ2) is 8.96. The fourth-order valence-corrected chi connectivity index (χ4v) is 8.37. The molecule has 4 aromatic rings. The molecule has 2 aliphatic heterocycles. The number of hydrogen-bond donors (Lipinski definition) is 1. The van der Waals surface area contributed by atoms with E-state index in [1.54, 1.807) is 12.1 Å². The molecule has 38 heavy (non-hydrogen) atoms. The van der Waals surface area contributed by atoms with Crippen molar-refractivity contribution in [2.45, 2.75) is 43.0 Å². The zero-order chi connectivity index (χ0) is 26.8. The van der Waals surface area contributed by atoms with E-state index in [1.807, 2.05) is 75.4 Å². The van der Waals surface area contributed by atoms with E-state index in [0.29, 0.717) is 16.4 Å². The molecule has 0 radical (unpaired) electrons. The minimum atomic E-state index is -0.749. The van der Waals surface area contributed by atoms with Crippen molar-refractivity contribution in [3.63, 3.8) is 0 Å². The molecule has 7 nitrogen and oxygen atoms in total. The summed E-state index contributed by atoms with van der Waals surface area (Å²) in [4.78, 5) is 54.9. The third-order valence-electron chi connectivity index (χ3n) is 7.33. The maximum Gasteiger partial charge on any atom is 0.308 e. The highest BCUT2D eigenvalue weighted by Gasteiger charge is 2.59. The van der Waals surface area contributed by atoms with Gasteiger partial charge in [0.15, 0.2) is 0 Å². The number of nitrogens with one attached hydrogen (secondary N) is 1. The minimum Gasteiger partial charge on any atom is -0.325 e. The predicted molar refractivity (Wildman–Crippen MR) is 151 cm³/mol. The number of carbonyl (C=O) groups is 3. The van der Waals surface area contributed by atoms with Gasteiger partial charge in [-0.3, -0.25) is 23.7 Å². The third kappa shape index (κ3) is 3.88. The number of thiazole rings is 1. The summed E-state index contributed by atoms with van der Waals surface area (Å²) in [5, 5.41) is 4.88. The average Bonchev–Trinajstić information content (AvgIpc) is 3.33. The molecule has 1 aromatic heterocycles. The van der Waals surface area contributed by atoms with E-state index in [4.69, 9.17) is 0 Å². The van der Waals surface area contributed by atoms with Crippen molar-refractivity contribution in [3.8, 4) is 0 Å². The average molecular weight is 544 g/mol. The molecule has 9 heteroatoms. The summed E-state index contributed by atoms with van der Waals surface area (Å²) in [6.07, 6.45) is 0. The Bertz CT molecular complexity index is 1690. The highest BCUT2D eigenvalue weighted by atomic mass is 32.2. The first-order valence-corrected chi connectivity index (χ1v) is 14.0. The highest BCUT2D eigenvalue weighted by Crippen LogP contribution is 2.54. The second-order valence-electron chi connectivity index (χ2n) is 10.3. The first-order chi connectivity index (χ1) is 18.1. The number of nitrogens with zero attached hydrogens (tertiary/aromatic N) is 2. The maximum atomic E-state index is 13.6. The van der Waals surface area contributed by atoms with Gasteiger partial charge in [0.1, 0.15) is 11.8 Å². The first-order valence-electron chi connectivity index (χ1n) is 12.3. The number of fused-ring (bicyclic) bond motifs is 3. The van der Waals surface area contributed by atoms with Gasteiger partial charge in [0.25, 0.3) is 0 Å². The summed E-state index contributed by atoms with van der Waals surface area (Å²) in [5.74, 6) is -1.49. The van der Waals surface area contributed by atoms with Gasteiger partial charge < -0.3 is 5.32 Å². The number of aromatic nitrogens is 1. The lowest BCUT2D eigenvalue weighted by atomic mass is 9.76. The van der Waals surface area contributed by atoms with Crippen molar-refractivity contribution in [3.05, 3.63) is 86.8 Å². The summed E-state index contributed by atoms with van der Waals surface area (Å²) < 4.78 is 1.44. The van der Waals surface area contributed by atoms with Gasteiger partial charge in [-0.2, -0.15) is 0 Å². The molecule has 3 heterocycles. The molecule has 2 atom stereocenters. The van der Waals surface area contributed by atoms with Gasteiger partial charge in [-0.25, -0.2) is 4.90 Å². The largest absolute Gasteiger partial charge is 0.325 e. The molecule has 2 aliphatic rings. The van der Waals surface area contributed by atoms with Crippen LogP contribution in [0.15, 0.2) is 76.6 Å². The molecule has 2 unspecified atom stereocenters. The molecule has 192 valence electrons.